The molecule has 0 aromatic carbocycles. The minimum absolute atomic E-state index is 0.885. The highest BCUT2D eigenvalue weighted by molar-refractivity contribution is 4.98. The van der Waals surface area contributed by atoms with Crippen LogP contribution in [0.5, 0.6) is 0 Å². The van der Waals surface area contributed by atoms with E-state index in [1.54, 1.807) is 6.26 Å². The van der Waals surface area contributed by atoms with E-state index in [0.717, 1.165) is 18.2 Å². The first-order valence-electron chi connectivity index (χ1n) is 8.53. The Labute approximate surface area is 128 Å². The highest BCUT2D eigenvalue weighted by Crippen LogP contribution is 2.18. The maximum Gasteiger partial charge on any atom is 0.117 e. The van der Waals surface area contributed by atoms with Crippen LogP contribution in [-0.2, 0) is 6.54 Å². The van der Waals surface area contributed by atoms with Gasteiger partial charge in [-0.3, -0.25) is 4.90 Å². The molecule has 0 N–H and O–H groups in total. The van der Waals surface area contributed by atoms with Gasteiger partial charge in [-0.25, -0.2) is 0 Å². The van der Waals surface area contributed by atoms with Gasteiger partial charge in [0.15, 0.2) is 0 Å². The Morgan fingerprint density at radius 1 is 1.10 bits per heavy atom. The summed E-state index contributed by atoms with van der Waals surface area (Å²) in [5, 5.41) is 0. The van der Waals surface area contributed by atoms with Crippen molar-refractivity contribution in [2.75, 3.05) is 52.4 Å². The molecule has 0 aliphatic carbocycles. The van der Waals surface area contributed by atoms with E-state index in [9.17, 15) is 0 Å². The molecule has 118 valence electrons. The van der Waals surface area contributed by atoms with Gasteiger partial charge in [-0.15, -0.1) is 0 Å². The number of likely N-dealkylation sites (tertiary alicyclic amines) is 1. The minimum atomic E-state index is 0.885. The second-order valence-corrected chi connectivity index (χ2v) is 6.56. The zero-order valence-corrected chi connectivity index (χ0v) is 13.3. The van der Waals surface area contributed by atoms with Gasteiger partial charge in [-0.2, -0.15) is 0 Å². The summed E-state index contributed by atoms with van der Waals surface area (Å²) >= 11 is 0. The molecular formula is C17H29N3O. The molecule has 1 aromatic heterocycles. The van der Waals surface area contributed by atoms with E-state index in [0.29, 0.717) is 0 Å². The fourth-order valence-electron chi connectivity index (χ4n) is 3.71. The maximum atomic E-state index is 5.45. The van der Waals surface area contributed by atoms with Gasteiger partial charge in [0.25, 0.3) is 0 Å². The number of rotatable bonds is 5. The minimum Gasteiger partial charge on any atom is -0.468 e. The van der Waals surface area contributed by atoms with E-state index >= 15 is 0 Å². The number of piperidine rings is 1. The summed E-state index contributed by atoms with van der Waals surface area (Å²) in [5.74, 6) is 1.98. The lowest BCUT2D eigenvalue weighted by Gasteiger charge is -2.39. The summed E-state index contributed by atoms with van der Waals surface area (Å²) < 4.78 is 5.45. The van der Waals surface area contributed by atoms with Crippen molar-refractivity contribution in [2.24, 2.45) is 5.92 Å². The van der Waals surface area contributed by atoms with E-state index in [1.165, 1.54) is 65.2 Å². The number of hydrogen-bond donors (Lipinski definition) is 0. The van der Waals surface area contributed by atoms with E-state index in [4.69, 9.17) is 4.42 Å². The monoisotopic (exact) mass is 291 g/mol. The van der Waals surface area contributed by atoms with Crippen LogP contribution in [0.15, 0.2) is 22.8 Å². The first kappa shape index (κ1) is 15.1. The lowest BCUT2D eigenvalue weighted by atomic mass is 9.97. The maximum absolute atomic E-state index is 5.45. The molecule has 1 atom stereocenters. The van der Waals surface area contributed by atoms with Gasteiger partial charge in [-0.1, -0.05) is 6.92 Å². The number of nitrogens with zero attached hydrogens (tertiary/aromatic N) is 3. The van der Waals surface area contributed by atoms with Crippen molar-refractivity contribution in [1.82, 2.24) is 14.7 Å². The van der Waals surface area contributed by atoms with Gasteiger partial charge in [0.05, 0.1) is 12.8 Å². The average molecular weight is 291 g/mol. The molecule has 21 heavy (non-hydrogen) atoms. The van der Waals surface area contributed by atoms with Crippen molar-refractivity contribution >= 4 is 0 Å². The Balaban J connectivity index is 1.39. The standard InChI is InChI=1S/C17H29N3O/c1-2-18-7-3-5-16(13-18)14-19-8-10-20(11-9-19)15-17-6-4-12-21-17/h4,6,12,16H,2-3,5,7-11,13-15H2,1H3/t16-/m1/s1. The van der Waals surface area contributed by atoms with Gasteiger partial charge in [-0.05, 0) is 44.0 Å². The first-order chi connectivity index (χ1) is 10.3. The van der Waals surface area contributed by atoms with Crippen molar-refractivity contribution in [2.45, 2.75) is 26.3 Å². The zero-order chi connectivity index (χ0) is 14.5. The SMILES string of the molecule is CCN1CCC[C@@H](CN2CCN(Cc3ccco3)CC2)C1. The normalized spacial score (nSPS) is 26.2. The predicted octanol–water partition coefficient (Wildman–Crippen LogP) is 2.13. The van der Waals surface area contributed by atoms with Crippen molar-refractivity contribution in [3.05, 3.63) is 24.2 Å². The second kappa shape index (κ2) is 7.43. The fraction of sp³-hybridized carbons (Fsp3) is 0.765. The fourth-order valence-corrected chi connectivity index (χ4v) is 3.71. The number of piperazine rings is 1. The number of hydrogen-bond acceptors (Lipinski definition) is 4. The summed E-state index contributed by atoms with van der Waals surface area (Å²) in [5.41, 5.74) is 0. The Morgan fingerprint density at radius 2 is 1.90 bits per heavy atom. The van der Waals surface area contributed by atoms with Crippen LogP contribution in [0.1, 0.15) is 25.5 Å². The largest absolute Gasteiger partial charge is 0.468 e. The quantitative estimate of drug-likeness (QED) is 0.829. The Morgan fingerprint density at radius 3 is 2.62 bits per heavy atom. The molecule has 2 aliphatic rings. The molecule has 4 heteroatoms. The van der Waals surface area contributed by atoms with Crippen LogP contribution in [0.3, 0.4) is 0 Å². The molecule has 2 saturated heterocycles. The van der Waals surface area contributed by atoms with Crippen LogP contribution in [-0.4, -0.2) is 67.1 Å². The highest BCUT2D eigenvalue weighted by Gasteiger charge is 2.23. The third-order valence-corrected chi connectivity index (χ3v) is 4.99. The molecule has 4 nitrogen and oxygen atoms in total. The van der Waals surface area contributed by atoms with Crippen LogP contribution in [0.25, 0.3) is 0 Å². The molecule has 1 aromatic rings. The van der Waals surface area contributed by atoms with Gasteiger partial charge >= 0.3 is 0 Å². The molecule has 0 radical (unpaired) electrons. The third kappa shape index (κ3) is 4.31. The summed E-state index contributed by atoms with van der Waals surface area (Å²) in [6.45, 7) is 13.2. The molecular weight excluding hydrogens is 262 g/mol. The van der Waals surface area contributed by atoms with Crippen molar-refractivity contribution < 1.29 is 4.42 Å². The summed E-state index contributed by atoms with van der Waals surface area (Å²) in [4.78, 5) is 7.79. The molecule has 0 saturated carbocycles. The molecule has 0 bridgehead atoms. The van der Waals surface area contributed by atoms with Crippen molar-refractivity contribution in [1.29, 1.82) is 0 Å². The Hall–Kier alpha value is -0.840. The third-order valence-electron chi connectivity index (χ3n) is 4.99. The van der Waals surface area contributed by atoms with Crippen molar-refractivity contribution in [3.63, 3.8) is 0 Å². The molecule has 2 aliphatic heterocycles. The predicted molar refractivity (Wildman–Crippen MR) is 85.3 cm³/mol. The zero-order valence-electron chi connectivity index (χ0n) is 13.3. The second-order valence-electron chi connectivity index (χ2n) is 6.56. The van der Waals surface area contributed by atoms with Gasteiger partial charge < -0.3 is 14.2 Å². The van der Waals surface area contributed by atoms with E-state index < -0.39 is 0 Å². The van der Waals surface area contributed by atoms with E-state index in [1.807, 2.05) is 6.07 Å². The van der Waals surface area contributed by atoms with Crippen LogP contribution in [0, 0.1) is 5.92 Å². The van der Waals surface area contributed by atoms with E-state index in [-0.39, 0.29) is 0 Å². The summed E-state index contributed by atoms with van der Waals surface area (Å²) in [6, 6.07) is 4.06. The van der Waals surface area contributed by atoms with Gasteiger partial charge in [0.1, 0.15) is 5.76 Å². The molecule has 3 heterocycles. The number of furan rings is 1. The van der Waals surface area contributed by atoms with E-state index in [2.05, 4.69) is 27.7 Å². The van der Waals surface area contributed by atoms with Crippen LogP contribution in [0.2, 0.25) is 0 Å². The molecule has 0 amide bonds. The summed E-state index contributed by atoms with van der Waals surface area (Å²) in [7, 11) is 0. The Kier molecular flexibility index (Phi) is 5.33. The van der Waals surface area contributed by atoms with Gasteiger partial charge in [0, 0.05) is 39.3 Å². The molecule has 0 unspecified atom stereocenters. The van der Waals surface area contributed by atoms with Crippen molar-refractivity contribution in [3.8, 4) is 0 Å². The van der Waals surface area contributed by atoms with Gasteiger partial charge in [0.2, 0.25) is 0 Å². The molecule has 3 rings (SSSR count). The lowest BCUT2D eigenvalue weighted by molar-refractivity contribution is 0.0853. The Bertz CT molecular complexity index is 398. The summed E-state index contributed by atoms with van der Waals surface area (Å²) in [6.07, 6.45) is 4.58. The lowest BCUT2D eigenvalue weighted by Crippen LogP contribution is -2.49. The van der Waals surface area contributed by atoms with Crippen LogP contribution in [0.4, 0.5) is 0 Å². The molecule has 0 spiro atoms. The molecule has 2 fully saturated rings. The average Bonchev–Trinajstić information content (AvgIpc) is 3.02. The van der Waals surface area contributed by atoms with Crippen LogP contribution >= 0.6 is 0 Å². The van der Waals surface area contributed by atoms with Crippen LogP contribution < -0.4 is 0 Å². The highest BCUT2D eigenvalue weighted by atomic mass is 16.3. The first-order valence-corrected chi connectivity index (χ1v) is 8.53. The smallest absolute Gasteiger partial charge is 0.117 e. The topological polar surface area (TPSA) is 22.9 Å².